The molecule has 0 aliphatic heterocycles. The van der Waals surface area contributed by atoms with E-state index < -0.39 is 6.09 Å². The Hall–Kier alpha value is -2.36. The Kier molecular flexibility index (Phi) is 3.35. The van der Waals surface area contributed by atoms with Crippen LogP contribution in [0.15, 0.2) is 48.8 Å². The van der Waals surface area contributed by atoms with Gasteiger partial charge in [-0.1, -0.05) is 24.3 Å². The minimum absolute atomic E-state index is 0.309. The number of rotatable bonds is 3. The normalized spacial score (nSPS) is 9.88. The molecule has 0 aliphatic rings. The van der Waals surface area contributed by atoms with E-state index in [1.165, 1.54) is 0 Å². The highest BCUT2D eigenvalue weighted by Gasteiger charge is 2.00. The lowest BCUT2D eigenvalue weighted by Gasteiger charge is -2.05. The molecule has 17 heavy (non-hydrogen) atoms. The fourth-order valence-electron chi connectivity index (χ4n) is 1.57. The van der Waals surface area contributed by atoms with E-state index in [-0.39, 0.29) is 0 Å². The van der Waals surface area contributed by atoms with Gasteiger partial charge in [0.2, 0.25) is 0 Å². The first-order chi connectivity index (χ1) is 8.25. The van der Waals surface area contributed by atoms with Gasteiger partial charge in [-0.2, -0.15) is 0 Å². The second-order valence-electron chi connectivity index (χ2n) is 3.60. The van der Waals surface area contributed by atoms with Crippen molar-refractivity contribution in [2.24, 2.45) is 0 Å². The topological polar surface area (TPSA) is 62.2 Å². The molecule has 0 saturated heterocycles. The smallest absolute Gasteiger partial charge is 0.404 e. The molecule has 2 aromatic rings. The number of pyridine rings is 1. The molecule has 1 heterocycles. The van der Waals surface area contributed by atoms with Gasteiger partial charge in [-0.15, -0.1) is 0 Å². The van der Waals surface area contributed by atoms with Crippen molar-refractivity contribution in [3.8, 4) is 11.1 Å². The highest BCUT2D eigenvalue weighted by molar-refractivity contribution is 5.65. The first-order valence-corrected chi connectivity index (χ1v) is 5.22. The van der Waals surface area contributed by atoms with Gasteiger partial charge in [0, 0.05) is 18.9 Å². The average molecular weight is 228 g/mol. The molecular formula is C13H12N2O2. The fraction of sp³-hybridized carbons (Fsp3) is 0.0769. The summed E-state index contributed by atoms with van der Waals surface area (Å²) >= 11 is 0. The predicted molar refractivity (Wildman–Crippen MR) is 64.5 cm³/mol. The third kappa shape index (κ3) is 3.04. The van der Waals surface area contributed by atoms with Crippen LogP contribution in [-0.2, 0) is 6.54 Å². The average Bonchev–Trinajstić information content (AvgIpc) is 2.38. The van der Waals surface area contributed by atoms with Crippen LogP contribution in [0.5, 0.6) is 0 Å². The van der Waals surface area contributed by atoms with Crippen LogP contribution in [0.2, 0.25) is 0 Å². The lowest BCUT2D eigenvalue weighted by atomic mass is 10.1. The summed E-state index contributed by atoms with van der Waals surface area (Å²) in [6.07, 6.45) is 2.49. The summed E-state index contributed by atoms with van der Waals surface area (Å²) in [7, 11) is 0. The van der Waals surface area contributed by atoms with Crippen LogP contribution in [0.4, 0.5) is 4.79 Å². The number of aromatic nitrogens is 1. The zero-order chi connectivity index (χ0) is 12.1. The summed E-state index contributed by atoms with van der Waals surface area (Å²) < 4.78 is 0. The molecule has 0 saturated carbocycles. The number of nitrogens with one attached hydrogen (secondary N) is 1. The number of carbonyl (C=O) groups is 1. The molecule has 0 bridgehead atoms. The molecule has 4 nitrogen and oxygen atoms in total. The van der Waals surface area contributed by atoms with E-state index in [4.69, 9.17) is 5.11 Å². The highest BCUT2D eigenvalue weighted by Crippen LogP contribution is 2.18. The Morgan fingerprint density at radius 1 is 1.24 bits per heavy atom. The summed E-state index contributed by atoms with van der Waals surface area (Å²) in [5, 5.41) is 10.9. The molecule has 4 heteroatoms. The summed E-state index contributed by atoms with van der Waals surface area (Å²) in [5.41, 5.74) is 2.97. The third-order valence-corrected chi connectivity index (χ3v) is 2.37. The van der Waals surface area contributed by atoms with Gasteiger partial charge in [-0.05, 0) is 28.8 Å². The first kappa shape index (κ1) is 11.1. The molecule has 0 spiro atoms. The lowest BCUT2D eigenvalue weighted by molar-refractivity contribution is 0.194. The summed E-state index contributed by atoms with van der Waals surface area (Å²) in [6, 6.07) is 11.6. The fourth-order valence-corrected chi connectivity index (χ4v) is 1.57. The maximum absolute atomic E-state index is 10.4. The van der Waals surface area contributed by atoms with Crippen LogP contribution >= 0.6 is 0 Å². The van der Waals surface area contributed by atoms with Crippen molar-refractivity contribution < 1.29 is 9.90 Å². The maximum atomic E-state index is 10.4. The van der Waals surface area contributed by atoms with Gasteiger partial charge in [0.15, 0.2) is 0 Å². The minimum Gasteiger partial charge on any atom is -0.465 e. The van der Waals surface area contributed by atoms with Crippen molar-refractivity contribution in [2.75, 3.05) is 0 Å². The van der Waals surface area contributed by atoms with Gasteiger partial charge < -0.3 is 10.4 Å². The van der Waals surface area contributed by atoms with Gasteiger partial charge in [0.1, 0.15) is 0 Å². The van der Waals surface area contributed by atoms with Gasteiger partial charge in [0.05, 0.1) is 0 Å². The monoisotopic (exact) mass is 228 g/mol. The zero-order valence-electron chi connectivity index (χ0n) is 9.13. The van der Waals surface area contributed by atoms with E-state index >= 15 is 0 Å². The molecule has 0 atom stereocenters. The number of amides is 1. The number of benzene rings is 1. The van der Waals surface area contributed by atoms with E-state index in [0.717, 1.165) is 16.7 Å². The molecule has 86 valence electrons. The first-order valence-electron chi connectivity index (χ1n) is 5.22. The Morgan fingerprint density at radius 2 is 2.06 bits per heavy atom. The number of nitrogens with zero attached hydrogens (tertiary/aromatic N) is 1. The van der Waals surface area contributed by atoms with Gasteiger partial charge in [-0.3, -0.25) is 4.98 Å². The van der Waals surface area contributed by atoms with Crippen molar-refractivity contribution in [3.05, 3.63) is 54.4 Å². The van der Waals surface area contributed by atoms with Crippen molar-refractivity contribution in [1.29, 1.82) is 0 Å². The van der Waals surface area contributed by atoms with E-state index in [2.05, 4.69) is 10.3 Å². The second kappa shape index (κ2) is 5.12. The molecule has 1 amide bonds. The quantitative estimate of drug-likeness (QED) is 0.848. The van der Waals surface area contributed by atoms with Crippen molar-refractivity contribution in [1.82, 2.24) is 10.3 Å². The third-order valence-electron chi connectivity index (χ3n) is 2.37. The Labute approximate surface area is 98.9 Å². The SMILES string of the molecule is O=C(O)NCc1cccc(-c2cccnc2)c1. The minimum atomic E-state index is -1.02. The number of hydrogen-bond donors (Lipinski definition) is 2. The van der Waals surface area contributed by atoms with Crippen LogP contribution in [-0.4, -0.2) is 16.2 Å². The van der Waals surface area contributed by atoms with Crippen molar-refractivity contribution in [2.45, 2.75) is 6.54 Å². The zero-order valence-corrected chi connectivity index (χ0v) is 9.13. The molecule has 0 radical (unpaired) electrons. The molecule has 2 N–H and O–H groups in total. The van der Waals surface area contributed by atoms with E-state index in [9.17, 15) is 4.79 Å². The van der Waals surface area contributed by atoms with Crippen LogP contribution in [0, 0.1) is 0 Å². The van der Waals surface area contributed by atoms with Crippen molar-refractivity contribution >= 4 is 6.09 Å². The van der Waals surface area contributed by atoms with Crippen LogP contribution in [0.3, 0.4) is 0 Å². The molecule has 0 aliphatic carbocycles. The Balaban J connectivity index is 2.20. The van der Waals surface area contributed by atoms with Gasteiger partial charge in [-0.25, -0.2) is 4.79 Å². The Bertz CT molecular complexity index is 512. The number of carboxylic acid groups (broad SMARTS) is 1. The standard InChI is InChI=1S/C13H12N2O2/c16-13(17)15-8-10-3-1-4-11(7-10)12-5-2-6-14-9-12/h1-7,9,15H,8H2,(H,16,17). The molecule has 0 fully saturated rings. The Morgan fingerprint density at radius 3 is 2.76 bits per heavy atom. The van der Waals surface area contributed by atoms with Gasteiger partial charge >= 0.3 is 6.09 Å². The summed E-state index contributed by atoms with van der Waals surface area (Å²) in [5.74, 6) is 0. The molecule has 1 aromatic carbocycles. The van der Waals surface area contributed by atoms with Gasteiger partial charge in [0.25, 0.3) is 0 Å². The largest absolute Gasteiger partial charge is 0.465 e. The van der Waals surface area contributed by atoms with Crippen molar-refractivity contribution in [3.63, 3.8) is 0 Å². The van der Waals surface area contributed by atoms with E-state index in [1.807, 2.05) is 36.4 Å². The van der Waals surface area contributed by atoms with Crippen LogP contribution in [0.1, 0.15) is 5.56 Å². The predicted octanol–water partition coefficient (Wildman–Crippen LogP) is 2.52. The van der Waals surface area contributed by atoms with Crippen LogP contribution in [0.25, 0.3) is 11.1 Å². The molecule has 1 aromatic heterocycles. The molecule has 2 rings (SSSR count). The summed E-state index contributed by atoms with van der Waals surface area (Å²) in [6.45, 7) is 0.309. The van der Waals surface area contributed by atoms with E-state index in [1.54, 1.807) is 12.4 Å². The lowest BCUT2D eigenvalue weighted by Crippen LogP contribution is -2.19. The maximum Gasteiger partial charge on any atom is 0.404 e. The molecular weight excluding hydrogens is 216 g/mol. The summed E-state index contributed by atoms with van der Waals surface area (Å²) in [4.78, 5) is 14.5. The molecule has 0 unspecified atom stereocenters. The second-order valence-corrected chi connectivity index (χ2v) is 3.60. The van der Waals surface area contributed by atoms with Crippen LogP contribution < -0.4 is 5.32 Å². The highest BCUT2D eigenvalue weighted by atomic mass is 16.4. The van der Waals surface area contributed by atoms with E-state index in [0.29, 0.717) is 6.54 Å². The number of hydrogen-bond acceptors (Lipinski definition) is 2.